The van der Waals surface area contributed by atoms with Crippen molar-refractivity contribution in [2.45, 2.75) is 5.37 Å². The van der Waals surface area contributed by atoms with Gasteiger partial charge in [0.2, 0.25) is 12.7 Å². The van der Waals surface area contributed by atoms with Crippen LogP contribution in [0.3, 0.4) is 0 Å². The second-order valence-corrected chi connectivity index (χ2v) is 6.31. The van der Waals surface area contributed by atoms with E-state index in [4.69, 9.17) is 14.2 Å². The minimum Gasteiger partial charge on any atom is -0.497 e. The van der Waals surface area contributed by atoms with Crippen LogP contribution in [-0.4, -0.2) is 25.6 Å². The summed E-state index contributed by atoms with van der Waals surface area (Å²) < 4.78 is 16.1. The predicted octanol–water partition coefficient (Wildman–Crippen LogP) is 3.20. The molecule has 2 aromatic rings. The Kier molecular flexibility index (Phi) is 3.53. The van der Waals surface area contributed by atoms with E-state index in [1.165, 1.54) is 0 Å². The molecule has 1 saturated heterocycles. The van der Waals surface area contributed by atoms with E-state index in [1.54, 1.807) is 23.8 Å². The summed E-state index contributed by atoms with van der Waals surface area (Å²) in [4.78, 5) is 14.2. The molecule has 2 aromatic carbocycles. The molecule has 6 heteroatoms. The Balaban J connectivity index is 1.71. The number of amides is 1. The zero-order valence-electron chi connectivity index (χ0n) is 12.5. The van der Waals surface area contributed by atoms with Crippen molar-refractivity contribution in [3.8, 4) is 17.2 Å². The molecule has 2 aliphatic heterocycles. The number of carbonyl (C=O) groups excluding carboxylic acids is 1. The van der Waals surface area contributed by atoms with Crippen molar-refractivity contribution in [1.29, 1.82) is 0 Å². The minimum absolute atomic E-state index is 0.0713. The highest BCUT2D eigenvalue weighted by atomic mass is 32.2. The van der Waals surface area contributed by atoms with Gasteiger partial charge in [0, 0.05) is 11.8 Å². The maximum absolute atomic E-state index is 12.4. The standard InChI is InChI=1S/C17H15NO4S/c1-20-13-4-2-3-11(7-13)17-18(16(19)9-23-17)12-5-6-14-15(8-12)22-10-21-14/h2-8,17H,9-10H2,1H3. The second-order valence-electron chi connectivity index (χ2n) is 5.24. The lowest BCUT2D eigenvalue weighted by molar-refractivity contribution is -0.115. The summed E-state index contributed by atoms with van der Waals surface area (Å²) in [5, 5.41) is -0.0713. The van der Waals surface area contributed by atoms with E-state index < -0.39 is 0 Å². The Morgan fingerprint density at radius 1 is 1.17 bits per heavy atom. The Hall–Kier alpha value is -2.34. The first-order valence-corrected chi connectivity index (χ1v) is 8.28. The lowest BCUT2D eigenvalue weighted by Gasteiger charge is -2.24. The van der Waals surface area contributed by atoms with Crippen LogP contribution in [0.25, 0.3) is 0 Å². The van der Waals surface area contributed by atoms with E-state index in [0.29, 0.717) is 17.3 Å². The number of hydrogen-bond acceptors (Lipinski definition) is 5. The van der Waals surface area contributed by atoms with Crippen molar-refractivity contribution in [3.63, 3.8) is 0 Å². The minimum atomic E-state index is -0.0713. The average Bonchev–Trinajstić information content (AvgIpc) is 3.20. The van der Waals surface area contributed by atoms with Gasteiger partial charge in [0.15, 0.2) is 11.5 Å². The third kappa shape index (κ3) is 2.49. The number of carbonyl (C=O) groups is 1. The average molecular weight is 329 g/mol. The number of methoxy groups -OCH3 is 1. The summed E-state index contributed by atoms with van der Waals surface area (Å²) >= 11 is 1.61. The molecule has 0 saturated carbocycles. The van der Waals surface area contributed by atoms with Crippen LogP contribution in [0.5, 0.6) is 17.2 Å². The molecule has 0 bridgehead atoms. The van der Waals surface area contributed by atoms with Gasteiger partial charge in [-0.05, 0) is 29.8 Å². The quantitative estimate of drug-likeness (QED) is 0.865. The fraction of sp³-hybridized carbons (Fsp3) is 0.235. The van der Waals surface area contributed by atoms with Crippen LogP contribution in [0.1, 0.15) is 10.9 Å². The molecule has 0 aromatic heterocycles. The predicted molar refractivity (Wildman–Crippen MR) is 88.2 cm³/mol. The molecule has 1 amide bonds. The number of benzene rings is 2. The van der Waals surface area contributed by atoms with Gasteiger partial charge in [0.25, 0.3) is 0 Å². The van der Waals surface area contributed by atoms with Gasteiger partial charge in [-0.15, -0.1) is 11.8 Å². The fourth-order valence-electron chi connectivity index (χ4n) is 2.78. The van der Waals surface area contributed by atoms with E-state index in [9.17, 15) is 4.79 Å². The van der Waals surface area contributed by atoms with Gasteiger partial charge in [-0.2, -0.15) is 0 Å². The van der Waals surface area contributed by atoms with Gasteiger partial charge in [0.05, 0.1) is 12.9 Å². The monoisotopic (exact) mass is 329 g/mol. The molecule has 0 spiro atoms. The van der Waals surface area contributed by atoms with Crippen molar-refractivity contribution < 1.29 is 19.0 Å². The number of thioether (sulfide) groups is 1. The number of rotatable bonds is 3. The molecule has 5 nitrogen and oxygen atoms in total. The molecule has 2 aliphatic rings. The number of hydrogen-bond donors (Lipinski definition) is 0. The van der Waals surface area contributed by atoms with E-state index in [0.717, 1.165) is 17.0 Å². The third-order valence-electron chi connectivity index (χ3n) is 3.88. The van der Waals surface area contributed by atoms with Crippen molar-refractivity contribution in [3.05, 3.63) is 48.0 Å². The zero-order chi connectivity index (χ0) is 15.8. The van der Waals surface area contributed by atoms with Crippen LogP contribution in [-0.2, 0) is 4.79 Å². The van der Waals surface area contributed by atoms with Crippen LogP contribution < -0.4 is 19.1 Å². The van der Waals surface area contributed by atoms with E-state index in [2.05, 4.69) is 0 Å². The molecule has 118 valence electrons. The Morgan fingerprint density at radius 3 is 2.91 bits per heavy atom. The maximum Gasteiger partial charge on any atom is 0.238 e. The third-order valence-corrected chi connectivity index (χ3v) is 5.09. The van der Waals surface area contributed by atoms with Gasteiger partial charge in [0.1, 0.15) is 11.1 Å². The topological polar surface area (TPSA) is 48.0 Å². The maximum atomic E-state index is 12.4. The van der Waals surface area contributed by atoms with Crippen molar-refractivity contribution in [2.75, 3.05) is 24.6 Å². The first-order chi connectivity index (χ1) is 11.3. The molecule has 23 heavy (non-hydrogen) atoms. The number of anilines is 1. The number of nitrogens with zero attached hydrogens (tertiary/aromatic N) is 1. The Bertz CT molecular complexity index is 764. The van der Waals surface area contributed by atoms with Gasteiger partial charge >= 0.3 is 0 Å². The second kappa shape index (κ2) is 5.70. The normalized spacial score (nSPS) is 19.3. The molecular weight excluding hydrogens is 314 g/mol. The molecule has 0 N–H and O–H groups in total. The van der Waals surface area contributed by atoms with E-state index >= 15 is 0 Å². The van der Waals surface area contributed by atoms with E-state index in [-0.39, 0.29) is 18.1 Å². The summed E-state index contributed by atoms with van der Waals surface area (Å²) in [6.07, 6.45) is 0. The highest BCUT2D eigenvalue weighted by Crippen LogP contribution is 2.45. The first-order valence-electron chi connectivity index (χ1n) is 7.23. The Labute approximate surface area is 138 Å². The summed E-state index contributed by atoms with van der Waals surface area (Å²) in [6.45, 7) is 0.223. The van der Waals surface area contributed by atoms with Gasteiger partial charge in [-0.25, -0.2) is 0 Å². The molecule has 1 unspecified atom stereocenters. The molecule has 4 rings (SSSR count). The molecular formula is C17H15NO4S. The molecule has 2 heterocycles. The largest absolute Gasteiger partial charge is 0.497 e. The highest BCUT2D eigenvalue weighted by molar-refractivity contribution is 8.00. The highest BCUT2D eigenvalue weighted by Gasteiger charge is 2.35. The van der Waals surface area contributed by atoms with Gasteiger partial charge < -0.3 is 14.2 Å². The van der Waals surface area contributed by atoms with Crippen LogP contribution in [0.4, 0.5) is 5.69 Å². The molecule has 0 aliphatic carbocycles. The summed E-state index contributed by atoms with van der Waals surface area (Å²) in [5.41, 5.74) is 1.86. The number of ether oxygens (including phenoxy) is 3. The van der Waals surface area contributed by atoms with Gasteiger partial charge in [-0.1, -0.05) is 12.1 Å². The lowest BCUT2D eigenvalue weighted by Crippen LogP contribution is -2.27. The zero-order valence-corrected chi connectivity index (χ0v) is 13.3. The van der Waals surface area contributed by atoms with E-state index in [1.807, 2.05) is 42.5 Å². The Morgan fingerprint density at radius 2 is 2.04 bits per heavy atom. The van der Waals surface area contributed by atoms with Crippen LogP contribution >= 0.6 is 11.8 Å². The SMILES string of the molecule is COc1cccc(C2SCC(=O)N2c2ccc3c(c2)OCO3)c1. The first kappa shape index (κ1) is 14.3. The van der Waals surface area contributed by atoms with Gasteiger partial charge in [-0.3, -0.25) is 9.69 Å². The summed E-state index contributed by atoms with van der Waals surface area (Å²) in [6, 6.07) is 13.4. The molecule has 1 fully saturated rings. The van der Waals surface area contributed by atoms with Crippen LogP contribution in [0.2, 0.25) is 0 Å². The molecule has 0 radical (unpaired) electrons. The number of fused-ring (bicyclic) bond motifs is 1. The van der Waals surface area contributed by atoms with Crippen LogP contribution in [0.15, 0.2) is 42.5 Å². The van der Waals surface area contributed by atoms with Crippen molar-refractivity contribution in [1.82, 2.24) is 0 Å². The van der Waals surface area contributed by atoms with Crippen molar-refractivity contribution >= 4 is 23.4 Å². The lowest BCUT2D eigenvalue weighted by atomic mass is 10.1. The smallest absolute Gasteiger partial charge is 0.238 e. The molecule has 1 atom stereocenters. The summed E-state index contributed by atoms with van der Waals surface area (Å²) in [5.74, 6) is 2.72. The van der Waals surface area contributed by atoms with Crippen molar-refractivity contribution in [2.24, 2.45) is 0 Å². The fourth-order valence-corrected chi connectivity index (χ4v) is 3.95. The summed E-state index contributed by atoms with van der Waals surface area (Å²) in [7, 11) is 1.64. The van der Waals surface area contributed by atoms with Crippen LogP contribution in [0, 0.1) is 0 Å².